The van der Waals surface area contributed by atoms with Gasteiger partial charge in [0.05, 0.1) is 0 Å². The summed E-state index contributed by atoms with van der Waals surface area (Å²) in [6.07, 6.45) is 6.39. The number of ether oxygens (including phenoxy) is 1. The predicted molar refractivity (Wildman–Crippen MR) is 177 cm³/mol. The molecule has 0 aliphatic heterocycles. The van der Waals surface area contributed by atoms with E-state index >= 15 is 0 Å². The number of amides is 3. The molecule has 45 heavy (non-hydrogen) atoms. The van der Waals surface area contributed by atoms with Crippen LogP contribution in [0, 0.1) is 12.3 Å². The number of rotatable bonds is 10. The summed E-state index contributed by atoms with van der Waals surface area (Å²) in [5, 5.41) is 17.4. The summed E-state index contributed by atoms with van der Waals surface area (Å²) < 4.78 is 5.47. The zero-order chi connectivity index (χ0) is 32.6. The lowest BCUT2D eigenvalue weighted by molar-refractivity contribution is -0.140. The number of nitrogens with zero attached hydrogens (tertiary/aromatic N) is 1. The lowest BCUT2D eigenvalue weighted by atomic mass is 9.99. The molecule has 8 heteroatoms. The van der Waals surface area contributed by atoms with Gasteiger partial charge in [-0.2, -0.15) is 0 Å². The molecule has 3 amide bonds. The highest BCUT2D eigenvalue weighted by atomic mass is 16.6. The number of nitrogens with one attached hydrogen (secondary N) is 2. The number of phenols is 1. The Hall–Kier alpha value is -5.55. The molecule has 4 rings (SSSR count). The van der Waals surface area contributed by atoms with Crippen LogP contribution in [0.15, 0.2) is 104 Å². The number of benzene rings is 4. The van der Waals surface area contributed by atoms with Crippen LogP contribution in [-0.2, 0) is 20.7 Å². The van der Waals surface area contributed by atoms with Crippen LogP contribution in [0.3, 0.4) is 0 Å². The average Bonchev–Trinajstić information content (AvgIpc) is 3.00. The third-order valence-electron chi connectivity index (χ3n) is 6.94. The molecular weight excluding hydrogens is 566 g/mol. The van der Waals surface area contributed by atoms with Crippen molar-refractivity contribution >= 4 is 34.4 Å². The van der Waals surface area contributed by atoms with Crippen molar-refractivity contribution in [3.63, 3.8) is 0 Å². The van der Waals surface area contributed by atoms with E-state index in [9.17, 15) is 19.5 Å². The molecular formula is C37H37N3O5. The second-order valence-electron chi connectivity index (χ2n) is 11.6. The van der Waals surface area contributed by atoms with Crippen molar-refractivity contribution in [2.75, 3.05) is 11.9 Å². The zero-order valence-corrected chi connectivity index (χ0v) is 25.6. The summed E-state index contributed by atoms with van der Waals surface area (Å²) in [7, 11) is 0. The molecule has 0 heterocycles. The third-order valence-corrected chi connectivity index (χ3v) is 6.94. The lowest BCUT2D eigenvalue weighted by Crippen LogP contribution is -2.53. The first-order valence-corrected chi connectivity index (χ1v) is 14.5. The molecule has 0 aromatic heterocycles. The van der Waals surface area contributed by atoms with Crippen molar-refractivity contribution in [3.05, 3.63) is 120 Å². The van der Waals surface area contributed by atoms with Gasteiger partial charge in [-0.3, -0.25) is 9.59 Å². The van der Waals surface area contributed by atoms with Gasteiger partial charge in [0.25, 0.3) is 5.91 Å². The molecule has 0 bridgehead atoms. The van der Waals surface area contributed by atoms with Gasteiger partial charge in [-0.1, -0.05) is 66.6 Å². The maximum absolute atomic E-state index is 14.4. The second kappa shape index (κ2) is 14.3. The van der Waals surface area contributed by atoms with Crippen molar-refractivity contribution in [3.8, 4) is 18.1 Å². The minimum Gasteiger partial charge on any atom is -0.508 e. The molecule has 0 spiro atoms. The minimum atomic E-state index is -1.12. The summed E-state index contributed by atoms with van der Waals surface area (Å²) in [6.45, 7) is 9.00. The highest BCUT2D eigenvalue weighted by Crippen LogP contribution is 2.27. The Kier molecular flexibility index (Phi) is 10.3. The van der Waals surface area contributed by atoms with Gasteiger partial charge in [0.1, 0.15) is 23.4 Å². The van der Waals surface area contributed by atoms with Gasteiger partial charge in [0, 0.05) is 24.2 Å². The van der Waals surface area contributed by atoms with E-state index in [4.69, 9.17) is 11.2 Å². The molecule has 230 valence electrons. The maximum Gasteiger partial charge on any atom is 0.408 e. The Labute approximate surface area is 263 Å². The summed E-state index contributed by atoms with van der Waals surface area (Å²) in [6, 6.07) is 24.3. The number of phenolic OH excluding ortho intramolecular Hbond substituents is 1. The van der Waals surface area contributed by atoms with Gasteiger partial charge >= 0.3 is 6.09 Å². The van der Waals surface area contributed by atoms with E-state index in [1.54, 1.807) is 63.2 Å². The summed E-state index contributed by atoms with van der Waals surface area (Å²) in [5.41, 5.74) is 1.56. The molecule has 0 radical (unpaired) electrons. The summed E-state index contributed by atoms with van der Waals surface area (Å²) in [5.74, 6) is 1.64. The minimum absolute atomic E-state index is 0.00634. The number of carbonyl (C=O) groups excluding carboxylic acids is 3. The number of hydrogen-bond acceptors (Lipinski definition) is 5. The Morgan fingerprint density at radius 1 is 0.978 bits per heavy atom. The van der Waals surface area contributed by atoms with E-state index in [1.807, 2.05) is 36.4 Å². The van der Waals surface area contributed by atoms with E-state index in [-0.39, 0.29) is 18.7 Å². The second-order valence-corrected chi connectivity index (χ2v) is 11.6. The SMILES string of the molecule is C#Cc1ccc(C(C(=O)Nc2ccc3ccccc3c2)N(CC=C)C(=O)C(Cc2ccc(O)cc2)NC(=O)OC(C)(C)C)cc1. The molecule has 8 nitrogen and oxygen atoms in total. The van der Waals surface area contributed by atoms with Gasteiger partial charge in [-0.05, 0) is 79.1 Å². The first kappa shape index (κ1) is 32.4. The highest BCUT2D eigenvalue weighted by Gasteiger charge is 2.36. The molecule has 0 saturated carbocycles. The number of fused-ring (bicyclic) bond motifs is 1. The van der Waals surface area contributed by atoms with Gasteiger partial charge in [0.15, 0.2) is 0 Å². The van der Waals surface area contributed by atoms with Gasteiger partial charge < -0.3 is 25.4 Å². The number of hydrogen-bond donors (Lipinski definition) is 3. The van der Waals surface area contributed by atoms with Crippen LogP contribution < -0.4 is 10.6 Å². The van der Waals surface area contributed by atoms with Gasteiger partial charge in [-0.25, -0.2) is 4.79 Å². The van der Waals surface area contributed by atoms with Crippen LogP contribution in [0.5, 0.6) is 5.75 Å². The molecule has 3 N–H and O–H groups in total. The molecule has 4 aromatic carbocycles. The molecule has 0 saturated heterocycles. The maximum atomic E-state index is 14.4. The van der Waals surface area contributed by atoms with Crippen molar-refractivity contribution in [1.82, 2.24) is 10.2 Å². The molecule has 2 unspecified atom stereocenters. The van der Waals surface area contributed by atoms with Crippen LogP contribution in [0.2, 0.25) is 0 Å². The Bertz CT molecular complexity index is 1720. The number of terminal acetylenes is 1. The Morgan fingerprint density at radius 2 is 1.64 bits per heavy atom. The van der Waals surface area contributed by atoms with E-state index in [2.05, 4.69) is 23.1 Å². The fourth-order valence-electron chi connectivity index (χ4n) is 4.89. The van der Waals surface area contributed by atoms with Crippen LogP contribution in [-0.4, -0.2) is 46.1 Å². The van der Waals surface area contributed by atoms with E-state index < -0.39 is 35.6 Å². The number of alkyl carbamates (subject to hydrolysis) is 1. The molecule has 0 aliphatic carbocycles. The quantitative estimate of drug-likeness (QED) is 0.145. The first-order chi connectivity index (χ1) is 21.5. The highest BCUT2D eigenvalue weighted by molar-refractivity contribution is 6.00. The van der Waals surface area contributed by atoms with Crippen LogP contribution in [0.1, 0.15) is 43.5 Å². The Morgan fingerprint density at radius 3 is 2.27 bits per heavy atom. The summed E-state index contributed by atoms with van der Waals surface area (Å²) in [4.78, 5) is 42.9. The van der Waals surface area contributed by atoms with E-state index in [1.165, 1.54) is 23.1 Å². The normalized spacial score (nSPS) is 12.3. The fraction of sp³-hybridized carbons (Fsp3) is 0.216. The third kappa shape index (κ3) is 8.74. The van der Waals surface area contributed by atoms with Crippen LogP contribution in [0.4, 0.5) is 10.5 Å². The lowest BCUT2D eigenvalue weighted by Gasteiger charge is -2.34. The standard InChI is InChI=1S/C37H37N3O5/c1-6-22-40(35(43)32(39-36(44)45-37(3,4)5)23-26-14-20-31(41)21-15-26)33(28-16-12-25(7-2)13-17-28)34(42)38-30-19-18-27-10-8-9-11-29(27)24-30/h2,6,8-21,24,32-33,41H,1,22-23H2,3-5H3,(H,38,42)(H,39,44). The predicted octanol–water partition coefficient (Wildman–Crippen LogP) is 6.36. The van der Waals surface area contributed by atoms with Crippen LogP contribution >= 0.6 is 0 Å². The number of carbonyl (C=O) groups is 3. The molecule has 4 aromatic rings. The molecule has 0 fully saturated rings. The van der Waals surface area contributed by atoms with Gasteiger partial charge in [0.2, 0.25) is 5.91 Å². The number of anilines is 1. The van der Waals surface area contributed by atoms with Crippen molar-refractivity contribution < 1.29 is 24.2 Å². The van der Waals surface area contributed by atoms with Gasteiger partial charge in [-0.15, -0.1) is 13.0 Å². The smallest absolute Gasteiger partial charge is 0.408 e. The first-order valence-electron chi connectivity index (χ1n) is 14.5. The van der Waals surface area contributed by atoms with Crippen molar-refractivity contribution in [2.45, 2.75) is 44.9 Å². The Balaban J connectivity index is 1.74. The van der Waals surface area contributed by atoms with Crippen molar-refractivity contribution in [1.29, 1.82) is 0 Å². The largest absolute Gasteiger partial charge is 0.508 e. The number of aromatic hydroxyl groups is 1. The monoisotopic (exact) mass is 603 g/mol. The van der Waals surface area contributed by atoms with E-state index in [0.717, 1.165) is 10.8 Å². The van der Waals surface area contributed by atoms with E-state index in [0.29, 0.717) is 22.4 Å². The fourth-order valence-corrected chi connectivity index (χ4v) is 4.89. The average molecular weight is 604 g/mol. The van der Waals surface area contributed by atoms with Crippen molar-refractivity contribution in [2.24, 2.45) is 0 Å². The van der Waals surface area contributed by atoms with Crippen LogP contribution in [0.25, 0.3) is 10.8 Å². The molecule has 2 atom stereocenters. The summed E-state index contributed by atoms with van der Waals surface area (Å²) >= 11 is 0. The zero-order valence-electron chi connectivity index (χ0n) is 25.6. The molecule has 0 aliphatic rings. The topological polar surface area (TPSA) is 108 Å².